The molecule has 2 aliphatic heterocycles. The third-order valence-electron chi connectivity index (χ3n) is 4.03. The summed E-state index contributed by atoms with van der Waals surface area (Å²) in [4.78, 5) is 4.54. The first-order chi connectivity index (χ1) is 9.66. The largest absolute Gasteiger partial charge is 0.375 e. The molecule has 0 N–H and O–H groups in total. The van der Waals surface area contributed by atoms with Crippen molar-refractivity contribution in [2.24, 2.45) is 0 Å². The summed E-state index contributed by atoms with van der Waals surface area (Å²) in [7, 11) is -3.51. The lowest BCUT2D eigenvalue weighted by Gasteiger charge is -2.26. The van der Waals surface area contributed by atoms with Gasteiger partial charge >= 0.3 is 0 Å². The van der Waals surface area contributed by atoms with Gasteiger partial charge in [-0.05, 0) is 18.6 Å². The van der Waals surface area contributed by atoms with Gasteiger partial charge in [0.2, 0.25) is 10.0 Å². The van der Waals surface area contributed by atoms with Crippen molar-refractivity contribution in [1.82, 2.24) is 9.29 Å². The number of hydrogen-bond donors (Lipinski definition) is 0. The van der Waals surface area contributed by atoms with E-state index in [4.69, 9.17) is 4.74 Å². The van der Waals surface area contributed by atoms with Crippen molar-refractivity contribution in [3.63, 3.8) is 0 Å². The van der Waals surface area contributed by atoms with Crippen LogP contribution in [0.1, 0.15) is 6.42 Å². The predicted molar refractivity (Wildman–Crippen MR) is 73.8 cm³/mol. The van der Waals surface area contributed by atoms with Crippen molar-refractivity contribution in [1.29, 1.82) is 0 Å². The van der Waals surface area contributed by atoms with E-state index >= 15 is 0 Å². The molecule has 3 heterocycles. The van der Waals surface area contributed by atoms with Crippen LogP contribution in [-0.4, -0.2) is 43.0 Å². The zero-order valence-electron chi connectivity index (χ0n) is 10.8. The Morgan fingerprint density at radius 1 is 1.25 bits per heavy atom. The second-order valence-electron chi connectivity index (χ2n) is 5.25. The van der Waals surface area contributed by atoms with E-state index in [1.807, 2.05) is 18.2 Å². The van der Waals surface area contributed by atoms with Crippen molar-refractivity contribution < 1.29 is 13.2 Å². The number of aromatic nitrogens is 1. The van der Waals surface area contributed by atoms with Crippen LogP contribution in [0.3, 0.4) is 0 Å². The number of rotatable bonds is 2. The molecule has 2 bridgehead atoms. The van der Waals surface area contributed by atoms with Crippen LogP contribution in [-0.2, 0) is 14.8 Å². The fraction of sp³-hybridized carbons (Fsp3) is 0.357. The van der Waals surface area contributed by atoms with Gasteiger partial charge in [0.1, 0.15) is 4.90 Å². The number of ether oxygens (including phenoxy) is 1. The summed E-state index contributed by atoms with van der Waals surface area (Å²) >= 11 is 0. The van der Waals surface area contributed by atoms with Gasteiger partial charge in [-0.1, -0.05) is 18.2 Å². The minimum Gasteiger partial charge on any atom is -0.375 e. The molecule has 2 atom stereocenters. The summed E-state index contributed by atoms with van der Waals surface area (Å²) < 4.78 is 32.8. The molecule has 2 fully saturated rings. The average Bonchev–Trinajstić information content (AvgIpc) is 3.09. The number of benzene rings is 1. The third-order valence-corrected chi connectivity index (χ3v) is 5.98. The number of fused-ring (bicyclic) bond motifs is 3. The second kappa shape index (κ2) is 4.25. The van der Waals surface area contributed by atoms with Gasteiger partial charge in [-0.3, -0.25) is 4.98 Å². The van der Waals surface area contributed by atoms with Crippen molar-refractivity contribution in [3.05, 3.63) is 36.5 Å². The molecule has 0 spiro atoms. The van der Waals surface area contributed by atoms with Gasteiger partial charge in [-0.15, -0.1) is 0 Å². The van der Waals surface area contributed by atoms with E-state index in [2.05, 4.69) is 4.98 Å². The van der Waals surface area contributed by atoms with E-state index in [0.29, 0.717) is 23.6 Å². The van der Waals surface area contributed by atoms with Crippen LogP contribution in [0.15, 0.2) is 41.4 Å². The topological polar surface area (TPSA) is 59.5 Å². The van der Waals surface area contributed by atoms with Crippen molar-refractivity contribution in [2.45, 2.75) is 23.5 Å². The molecule has 1 aromatic heterocycles. The molecular formula is C14H14N2O3S. The van der Waals surface area contributed by atoms with Crippen LogP contribution >= 0.6 is 0 Å². The van der Waals surface area contributed by atoms with Gasteiger partial charge in [-0.2, -0.15) is 4.31 Å². The Hall–Kier alpha value is -1.50. The standard InChI is InChI=1S/C14H14N2O3S/c17-20(18,16-8-12-7-11(16)9-19-12)13-5-1-3-10-4-2-6-15-14(10)13/h1-6,11-12H,7-9H2. The molecule has 0 saturated carbocycles. The zero-order valence-corrected chi connectivity index (χ0v) is 11.6. The van der Waals surface area contributed by atoms with Gasteiger partial charge in [0, 0.05) is 18.1 Å². The van der Waals surface area contributed by atoms with Crippen LogP contribution in [0.2, 0.25) is 0 Å². The molecule has 0 amide bonds. The van der Waals surface area contributed by atoms with E-state index < -0.39 is 10.0 Å². The quantitative estimate of drug-likeness (QED) is 0.839. The highest BCUT2D eigenvalue weighted by Gasteiger charge is 2.45. The lowest BCUT2D eigenvalue weighted by molar-refractivity contribution is 0.0609. The second-order valence-corrected chi connectivity index (χ2v) is 7.11. The maximum absolute atomic E-state index is 12.9. The van der Waals surface area contributed by atoms with Gasteiger partial charge in [0.15, 0.2) is 0 Å². The fourth-order valence-corrected chi connectivity index (χ4v) is 4.89. The molecule has 4 rings (SSSR count). The Bertz CT molecular complexity index is 770. The zero-order chi connectivity index (χ0) is 13.7. The molecule has 104 valence electrons. The van der Waals surface area contributed by atoms with Gasteiger partial charge in [0.05, 0.1) is 24.3 Å². The maximum Gasteiger partial charge on any atom is 0.245 e. The summed E-state index contributed by atoms with van der Waals surface area (Å²) in [5, 5.41) is 0.842. The van der Waals surface area contributed by atoms with E-state index in [0.717, 1.165) is 11.8 Å². The number of pyridine rings is 1. The number of para-hydroxylation sites is 1. The van der Waals surface area contributed by atoms with Crippen LogP contribution in [0, 0.1) is 0 Å². The summed E-state index contributed by atoms with van der Waals surface area (Å²) in [6, 6.07) is 8.94. The number of hydrogen-bond acceptors (Lipinski definition) is 4. The highest BCUT2D eigenvalue weighted by Crippen LogP contribution is 2.34. The molecule has 5 nitrogen and oxygen atoms in total. The third kappa shape index (κ3) is 1.69. The Labute approximate surface area is 117 Å². The Kier molecular flexibility index (Phi) is 2.60. The summed E-state index contributed by atoms with van der Waals surface area (Å²) in [5.74, 6) is 0. The summed E-state index contributed by atoms with van der Waals surface area (Å²) in [6.45, 7) is 0.957. The van der Waals surface area contributed by atoms with E-state index in [1.54, 1.807) is 22.6 Å². The average molecular weight is 290 g/mol. The normalized spacial score (nSPS) is 26.4. The first kappa shape index (κ1) is 12.3. The minimum absolute atomic E-state index is 0.0241. The summed E-state index contributed by atoms with van der Waals surface area (Å²) in [5.41, 5.74) is 0.540. The minimum atomic E-state index is -3.51. The molecule has 2 aromatic rings. The molecule has 1 aromatic carbocycles. The van der Waals surface area contributed by atoms with Crippen LogP contribution < -0.4 is 0 Å². The number of morpholine rings is 1. The lowest BCUT2D eigenvalue weighted by Crippen LogP contribution is -2.41. The molecular weight excluding hydrogens is 276 g/mol. The van der Waals surface area contributed by atoms with Crippen molar-refractivity contribution in [3.8, 4) is 0 Å². The summed E-state index contributed by atoms with van der Waals surface area (Å²) in [6.07, 6.45) is 2.48. The molecule has 0 radical (unpaired) electrons. The Morgan fingerprint density at radius 3 is 2.85 bits per heavy atom. The molecule has 2 unspecified atom stereocenters. The monoisotopic (exact) mass is 290 g/mol. The molecule has 6 heteroatoms. The van der Waals surface area contributed by atoms with E-state index in [9.17, 15) is 8.42 Å². The van der Waals surface area contributed by atoms with E-state index in [1.165, 1.54) is 0 Å². The van der Waals surface area contributed by atoms with Crippen molar-refractivity contribution in [2.75, 3.05) is 13.2 Å². The first-order valence-corrected chi connectivity index (χ1v) is 8.07. The number of sulfonamides is 1. The maximum atomic E-state index is 12.9. The van der Waals surface area contributed by atoms with Gasteiger partial charge in [-0.25, -0.2) is 8.42 Å². The lowest BCUT2D eigenvalue weighted by atomic mass is 10.2. The van der Waals surface area contributed by atoms with Crippen LogP contribution in [0.4, 0.5) is 0 Å². The molecule has 0 aliphatic carbocycles. The highest BCUT2D eigenvalue weighted by molar-refractivity contribution is 7.89. The van der Waals surface area contributed by atoms with Crippen LogP contribution in [0.25, 0.3) is 10.9 Å². The van der Waals surface area contributed by atoms with E-state index in [-0.39, 0.29) is 12.1 Å². The highest BCUT2D eigenvalue weighted by atomic mass is 32.2. The number of nitrogens with zero attached hydrogens (tertiary/aromatic N) is 2. The van der Waals surface area contributed by atoms with Crippen LogP contribution in [0.5, 0.6) is 0 Å². The Morgan fingerprint density at radius 2 is 2.10 bits per heavy atom. The molecule has 2 aliphatic rings. The van der Waals surface area contributed by atoms with Crippen molar-refractivity contribution >= 4 is 20.9 Å². The first-order valence-electron chi connectivity index (χ1n) is 6.63. The SMILES string of the molecule is O=S(=O)(c1cccc2cccnc12)N1CC2CC1CO2. The fourth-order valence-electron chi connectivity index (χ4n) is 3.07. The predicted octanol–water partition coefficient (Wildman–Crippen LogP) is 1.40. The van der Waals surface area contributed by atoms with Gasteiger partial charge in [0.25, 0.3) is 0 Å². The Balaban J connectivity index is 1.86. The molecule has 2 saturated heterocycles. The smallest absolute Gasteiger partial charge is 0.245 e. The molecule has 20 heavy (non-hydrogen) atoms. The van der Waals surface area contributed by atoms with Gasteiger partial charge < -0.3 is 4.74 Å².